The first-order valence-electron chi connectivity index (χ1n) is 7.60. The summed E-state index contributed by atoms with van der Waals surface area (Å²) < 4.78 is 0. The van der Waals surface area contributed by atoms with Crippen LogP contribution in [0, 0.1) is 0 Å². The Morgan fingerprint density at radius 2 is 0.800 bits per heavy atom. The monoisotopic (exact) mass is 346 g/mol. The molecule has 25 heavy (non-hydrogen) atoms. The molecule has 3 rings (SSSR count). The zero-order chi connectivity index (χ0) is 17.6. The first kappa shape index (κ1) is 16.6. The van der Waals surface area contributed by atoms with E-state index in [0.29, 0.717) is 15.9 Å². The van der Waals surface area contributed by atoms with Crippen LogP contribution < -0.4 is 15.9 Å². The number of hydrogen-bond acceptors (Lipinski definition) is 2. The second-order valence-electron chi connectivity index (χ2n) is 5.39. The normalized spacial score (nSPS) is 12.1. The van der Waals surface area contributed by atoms with E-state index in [4.69, 9.17) is 0 Å². The van der Waals surface area contributed by atoms with Crippen molar-refractivity contribution >= 4 is 22.8 Å². The third-order valence-corrected chi connectivity index (χ3v) is 8.85. The summed E-state index contributed by atoms with van der Waals surface area (Å²) in [7, 11) is 0. The van der Waals surface area contributed by atoms with Gasteiger partial charge in [-0.05, 0) is 0 Å². The molecule has 0 radical (unpaired) electrons. The number of azide groups is 1. The van der Waals surface area contributed by atoms with Crippen molar-refractivity contribution in [3.05, 3.63) is 112 Å². The number of rotatable bonds is 5. The summed E-state index contributed by atoms with van der Waals surface area (Å²) >= 11 is 0. The van der Waals surface area contributed by atoms with Gasteiger partial charge in [0.15, 0.2) is 0 Å². The van der Waals surface area contributed by atoms with E-state index in [0.717, 1.165) is 0 Å². The van der Waals surface area contributed by atoms with E-state index < -0.39 is 6.90 Å². The molecule has 3 aromatic rings. The minimum atomic E-state index is -4.07. The van der Waals surface area contributed by atoms with Gasteiger partial charge < -0.3 is 0 Å². The molecule has 0 fully saturated rings. The Balaban J connectivity index is 2.63. The standard InChI is InChI=1S/C18H15N6P/c19-21-23-25(24-22-20,16-10-4-1-5-11-16,17-12-6-2-7-13-17)18-14-8-3-9-15-18/h1-15H. The van der Waals surface area contributed by atoms with Gasteiger partial charge in [0.25, 0.3) is 0 Å². The average molecular weight is 346 g/mol. The van der Waals surface area contributed by atoms with Crippen LogP contribution in [0.1, 0.15) is 0 Å². The van der Waals surface area contributed by atoms with Crippen molar-refractivity contribution in [3.8, 4) is 0 Å². The molecule has 0 bridgehead atoms. The predicted molar refractivity (Wildman–Crippen MR) is 103 cm³/mol. The van der Waals surface area contributed by atoms with Crippen molar-refractivity contribution < 1.29 is 0 Å². The molecule has 0 heterocycles. The maximum atomic E-state index is 9.49. The fourth-order valence-electron chi connectivity index (χ4n) is 3.06. The molecule has 3 aromatic carbocycles. The van der Waals surface area contributed by atoms with Crippen molar-refractivity contribution in [2.75, 3.05) is 0 Å². The molecular formula is C18H15N6P. The Morgan fingerprint density at radius 3 is 1.04 bits per heavy atom. The summed E-state index contributed by atoms with van der Waals surface area (Å²) in [5.74, 6) is 0. The van der Waals surface area contributed by atoms with Gasteiger partial charge in [-0.2, -0.15) is 0 Å². The van der Waals surface area contributed by atoms with Gasteiger partial charge in [-0.1, -0.05) is 0 Å². The van der Waals surface area contributed by atoms with Crippen LogP contribution in [0.15, 0.2) is 101 Å². The second-order valence-corrected chi connectivity index (χ2v) is 9.35. The number of hydrogen-bond donors (Lipinski definition) is 0. The van der Waals surface area contributed by atoms with Gasteiger partial charge in [0.2, 0.25) is 0 Å². The molecule has 0 atom stereocenters. The van der Waals surface area contributed by atoms with Crippen LogP contribution in [-0.4, -0.2) is 0 Å². The van der Waals surface area contributed by atoms with Gasteiger partial charge in [0.1, 0.15) is 0 Å². The minimum absolute atomic E-state index is 0.696. The van der Waals surface area contributed by atoms with Crippen molar-refractivity contribution in [1.82, 2.24) is 0 Å². The second kappa shape index (κ2) is 6.68. The zero-order valence-corrected chi connectivity index (χ0v) is 14.2. The van der Waals surface area contributed by atoms with Crippen LogP contribution in [0.4, 0.5) is 0 Å². The summed E-state index contributed by atoms with van der Waals surface area (Å²) in [6.45, 7) is -4.07. The Bertz CT molecular complexity index is 841. The molecule has 0 unspecified atom stereocenters. The molecule has 0 spiro atoms. The summed E-state index contributed by atoms with van der Waals surface area (Å²) in [4.78, 5) is 14.8. The Labute approximate surface area is 145 Å². The molecule has 0 saturated carbocycles. The zero-order valence-electron chi connectivity index (χ0n) is 13.3. The fraction of sp³-hybridized carbons (Fsp3) is 0. The third kappa shape index (κ3) is 2.42. The van der Waals surface area contributed by atoms with Crippen LogP contribution in [0.2, 0.25) is 0 Å². The van der Waals surface area contributed by atoms with E-state index in [2.05, 4.69) is 19.6 Å². The van der Waals surface area contributed by atoms with Crippen LogP contribution in [-0.2, 0) is 0 Å². The van der Waals surface area contributed by atoms with E-state index in [1.54, 1.807) is 0 Å². The molecular weight excluding hydrogens is 331 g/mol. The first-order chi connectivity index (χ1) is 12.3. The molecule has 0 N–H and O–H groups in total. The van der Waals surface area contributed by atoms with Gasteiger partial charge in [-0.25, -0.2) is 0 Å². The third-order valence-electron chi connectivity index (χ3n) is 4.16. The first-order valence-corrected chi connectivity index (χ1v) is 9.74. The molecule has 0 aliphatic carbocycles. The summed E-state index contributed by atoms with van der Waals surface area (Å²) in [5, 5.41) is 2.09. The SMILES string of the molecule is [N-]=[N+]=NP(N=[N+]=[N-])(c1ccccc1)(c1ccccc1)c1ccccc1. The predicted octanol–water partition coefficient (Wildman–Crippen LogP) is 4.97. The van der Waals surface area contributed by atoms with Gasteiger partial charge in [0.05, 0.1) is 0 Å². The summed E-state index contributed by atoms with van der Waals surface area (Å²) in [5.41, 5.74) is 19.0. The van der Waals surface area contributed by atoms with Crippen molar-refractivity contribution in [3.63, 3.8) is 0 Å². The quantitative estimate of drug-likeness (QED) is 0.270. The van der Waals surface area contributed by atoms with Gasteiger partial charge in [-0.3, -0.25) is 0 Å². The molecule has 0 aromatic heterocycles. The van der Waals surface area contributed by atoms with Gasteiger partial charge in [0, 0.05) is 0 Å². The average Bonchev–Trinajstić information content (AvgIpc) is 2.70. The Hall–Kier alpha value is -3.29. The maximum absolute atomic E-state index is 9.49. The molecule has 122 valence electrons. The van der Waals surface area contributed by atoms with E-state index in [-0.39, 0.29) is 0 Å². The van der Waals surface area contributed by atoms with E-state index in [9.17, 15) is 11.1 Å². The van der Waals surface area contributed by atoms with Crippen molar-refractivity contribution in [2.45, 2.75) is 0 Å². The molecule has 0 saturated heterocycles. The Kier molecular flexibility index (Phi) is 4.42. The van der Waals surface area contributed by atoms with Crippen molar-refractivity contribution in [2.24, 2.45) is 9.77 Å². The topological polar surface area (TPSA) is 97.5 Å². The number of benzene rings is 3. The number of nitrogens with zero attached hydrogens (tertiary/aromatic N) is 6. The van der Waals surface area contributed by atoms with E-state index in [1.807, 2.05) is 91.0 Å². The molecule has 0 amide bonds. The van der Waals surface area contributed by atoms with E-state index >= 15 is 0 Å². The van der Waals surface area contributed by atoms with Gasteiger partial charge >= 0.3 is 144 Å². The van der Waals surface area contributed by atoms with Crippen LogP contribution in [0.3, 0.4) is 0 Å². The van der Waals surface area contributed by atoms with Crippen molar-refractivity contribution in [1.29, 1.82) is 0 Å². The molecule has 7 heteroatoms. The fourth-order valence-corrected chi connectivity index (χ4v) is 7.13. The van der Waals surface area contributed by atoms with Crippen LogP contribution in [0.25, 0.3) is 20.9 Å². The summed E-state index contributed by atoms with van der Waals surface area (Å²) in [6.07, 6.45) is 0. The molecule has 0 aliphatic rings. The van der Waals surface area contributed by atoms with Crippen LogP contribution >= 0.6 is 6.90 Å². The van der Waals surface area contributed by atoms with Gasteiger partial charge in [-0.15, -0.1) is 0 Å². The van der Waals surface area contributed by atoms with Crippen LogP contribution in [0.5, 0.6) is 0 Å². The van der Waals surface area contributed by atoms with E-state index in [1.165, 1.54) is 0 Å². The Morgan fingerprint density at radius 1 is 0.520 bits per heavy atom. The molecule has 0 aliphatic heterocycles. The molecule has 6 nitrogen and oxygen atoms in total. The summed E-state index contributed by atoms with van der Waals surface area (Å²) in [6, 6.07) is 27.8.